The fourth-order valence-corrected chi connectivity index (χ4v) is 1.36. The third-order valence-electron chi connectivity index (χ3n) is 2.35. The van der Waals surface area contributed by atoms with Gasteiger partial charge >= 0.3 is 11.9 Å². The van der Waals surface area contributed by atoms with Crippen molar-refractivity contribution < 1.29 is 43.4 Å². The number of carbonyl (C=O) groups is 6. The van der Waals surface area contributed by atoms with Crippen molar-refractivity contribution >= 4 is 35.6 Å². The van der Waals surface area contributed by atoms with Crippen molar-refractivity contribution in [3.05, 3.63) is 48.0 Å². The van der Waals surface area contributed by atoms with E-state index in [2.05, 4.69) is 4.42 Å². The summed E-state index contributed by atoms with van der Waals surface area (Å²) in [6.45, 7) is 0. The maximum Gasteiger partial charge on any atom is 0.372 e. The molecule has 0 radical (unpaired) electrons. The summed E-state index contributed by atoms with van der Waals surface area (Å²) in [6.07, 6.45) is 5.81. The Hall–Kier alpha value is -4.02. The van der Waals surface area contributed by atoms with Crippen LogP contribution in [0.25, 0.3) is 0 Å². The van der Waals surface area contributed by atoms with E-state index in [-0.39, 0.29) is 29.2 Å². The van der Waals surface area contributed by atoms with Gasteiger partial charge in [0.1, 0.15) is 5.56 Å². The molecule has 11 nitrogen and oxygen atoms in total. The zero-order valence-electron chi connectivity index (χ0n) is 12.2. The van der Waals surface area contributed by atoms with E-state index in [9.17, 15) is 28.8 Å². The lowest BCUT2D eigenvalue weighted by Gasteiger charge is -1.88. The van der Waals surface area contributed by atoms with Crippen LogP contribution in [0.2, 0.25) is 0 Å². The average Bonchev–Trinajstić information content (AvgIpc) is 3.22. The molecular weight excluding hydrogens is 340 g/mol. The molecular formula is C14H10N2O9. The summed E-state index contributed by atoms with van der Waals surface area (Å²) < 4.78 is 4.41. The maximum absolute atomic E-state index is 10.3. The van der Waals surface area contributed by atoms with E-state index in [0.29, 0.717) is 0 Å². The molecule has 0 aromatic carbocycles. The minimum absolute atomic E-state index is 0.329. The summed E-state index contributed by atoms with van der Waals surface area (Å²) in [5.74, 6) is -4.55. The Morgan fingerprint density at radius 1 is 0.760 bits per heavy atom. The van der Waals surface area contributed by atoms with Crippen LogP contribution in [0.1, 0.15) is 20.9 Å². The van der Waals surface area contributed by atoms with Gasteiger partial charge in [0.05, 0.1) is 6.26 Å². The number of carbonyl (C=O) groups excluding carboxylic acids is 4. The van der Waals surface area contributed by atoms with Crippen molar-refractivity contribution in [1.29, 1.82) is 0 Å². The van der Waals surface area contributed by atoms with E-state index < -0.39 is 17.7 Å². The molecule has 1 aromatic heterocycles. The van der Waals surface area contributed by atoms with E-state index >= 15 is 0 Å². The Morgan fingerprint density at radius 2 is 1.16 bits per heavy atom. The lowest BCUT2D eigenvalue weighted by Crippen LogP contribution is -2.19. The first-order valence-electron chi connectivity index (χ1n) is 6.31. The normalized spacial score (nSPS) is 14.1. The van der Waals surface area contributed by atoms with Gasteiger partial charge in [-0.3, -0.25) is 29.8 Å². The van der Waals surface area contributed by atoms with Crippen LogP contribution in [0.3, 0.4) is 0 Å². The highest BCUT2D eigenvalue weighted by molar-refractivity contribution is 6.13. The number of amides is 4. The summed E-state index contributed by atoms with van der Waals surface area (Å²) >= 11 is 0. The van der Waals surface area contributed by atoms with Crippen molar-refractivity contribution in [2.45, 2.75) is 0 Å². The number of furan rings is 1. The summed E-state index contributed by atoms with van der Waals surface area (Å²) in [5, 5.41) is 20.8. The first-order chi connectivity index (χ1) is 11.7. The second-order valence-corrected chi connectivity index (χ2v) is 4.15. The standard InChI is InChI=1S/C6H4O5.2C4H3NO2/c7-5(8)3-1-2-11-4(3)6(9)10;2*6-3-1-2-4(7)5-3/h1-2H,(H,7,8)(H,9,10);2*1-2H,(H,5,6,7). The molecule has 2 aliphatic heterocycles. The fraction of sp³-hybridized carbons (Fsp3) is 0. The Bertz CT molecular complexity index is 704. The second-order valence-electron chi connectivity index (χ2n) is 4.15. The minimum atomic E-state index is -1.38. The van der Waals surface area contributed by atoms with Gasteiger partial charge in [-0.05, 0) is 6.07 Å². The van der Waals surface area contributed by atoms with Gasteiger partial charge in [-0.15, -0.1) is 0 Å². The van der Waals surface area contributed by atoms with Crippen LogP contribution in [0, 0.1) is 0 Å². The molecule has 3 rings (SSSR count). The van der Waals surface area contributed by atoms with Gasteiger partial charge in [-0.25, -0.2) is 9.59 Å². The highest BCUT2D eigenvalue weighted by Crippen LogP contribution is 2.09. The molecule has 0 saturated carbocycles. The van der Waals surface area contributed by atoms with E-state index in [0.717, 1.165) is 12.3 Å². The Labute approximate surface area is 138 Å². The van der Waals surface area contributed by atoms with Gasteiger partial charge in [0.2, 0.25) is 5.76 Å². The largest absolute Gasteiger partial charge is 0.478 e. The number of rotatable bonds is 2. The first-order valence-corrected chi connectivity index (χ1v) is 6.31. The summed E-state index contributed by atoms with van der Waals surface area (Å²) in [7, 11) is 0. The molecule has 0 saturated heterocycles. The van der Waals surface area contributed by atoms with Crippen molar-refractivity contribution in [2.24, 2.45) is 0 Å². The number of carboxylic acid groups (broad SMARTS) is 2. The molecule has 0 bridgehead atoms. The minimum Gasteiger partial charge on any atom is -0.478 e. The molecule has 0 atom stereocenters. The number of aromatic carboxylic acids is 2. The van der Waals surface area contributed by atoms with Crippen molar-refractivity contribution in [2.75, 3.05) is 0 Å². The Kier molecular flexibility index (Phi) is 6.52. The Balaban J connectivity index is 0.000000195. The predicted octanol–water partition coefficient (Wildman–Crippen LogP) is -0.926. The predicted molar refractivity (Wildman–Crippen MR) is 77.2 cm³/mol. The van der Waals surface area contributed by atoms with Crippen LogP contribution >= 0.6 is 0 Å². The van der Waals surface area contributed by atoms with Gasteiger partial charge < -0.3 is 14.6 Å². The SMILES string of the molecule is O=C(O)c1ccoc1C(=O)O.O=C1C=CC(=O)N1.O=C1C=CC(=O)N1. The average molecular weight is 350 g/mol. The van der Waals surface area contributed by atoms with Crippen molar-refractivity contribution in [1.82, 2.24) is 10.6 Å². The van der Waals surface area contributed by atoms with Crippen LogP contribution in [-0.4, -0.2) is 45.8 Å². The molecule has 4 N–H and O–H groups in total. The van der Waals surface area contributed by atoms with Gasteiger partial charge in [0.15, 0.2) is 0 Å². The van der Waals surface area contributed by atoms with Crippen LogP contribution in [0.15, 0.2) is 41.1 Å². The molecule has 25 heavy (non-hydrogen) atoms. The number of hydrogen-bond donors (Lipinski definition) is 4. The van der Waals surface area contributed by atoms with E-state index in [4.69, 9.17) is 10.2 Å². The lowest BCUT2D eigenvalue weighted by atomic mass is 10.2. The molecule has 0 fully saturated rings. The summed E-state index contributed by atoms with van der Waals surface area (Å²) in [4.78, 5) is 60.6. The van der Waals surface area contributed by atoms with Crippen LogP contribution in [0.5, 0.6) is 0 Å². The van der Waals surface area contributed by atoms with Crippen molar-refractivity contribution in [3.63, 3.8) is 0 Å². The lowest BCUT2D eigenvalue weighted by molar-refractivity contribution is -0.125. The molecule has 4 amide bonds. The number of nitrogens with one attached hydrogen (secondary N) is 2. The monoisotopic (exact) mass is 350 g/mol. The topological polar surface area (TPSA) is 180 Å². The molecule has 0 unspecified atom stereocenters. The summed E-state index contributed by atoms with van der Waals surface area (Å²) in [5.41, 5.74) is -0.336. The zero-order chi connectivity index (χ0) is 19.0. The zero-order valence-corrected chi connectivity index (χ0v) is 12.2. The third-order valence-corrected chi connectivity index (χ3v) is 2.35. The van der Waals surface area contributed by atoms with Gasteiger partial charge in [0, 0.05) is 24.3 Å². The van der Waals surface area contributed by atoms with Crippen LogP contribution in [-0.2, 0) is 19.2 Å². The van der Waals surface area contributed by atoms with Crippen LogP contribution in [0.4, 0.5) is 0 Å². The molecule has 0 aliphatic carbocycles. The van der Waals surface area contributed by atoms with E-state index in [1.54, 1.807) is 0 Å². The van der Waals surface area contributed by atoms with Gasteiger partial charge in [0.25, 0.3) is 23.6 Å². The Morgan fingerprint density at radius 3 is 1.36 bits per heavy atom. The smallest absolute Gasteiger partial charge is 0.372 e. The first kappa shape index (κ1) is 19.0. The van der Waals surface area contributed by atoms with Crippen LogP contribution < -0.4 is 10.6 Å². The molecule has 11 heteroatoms. The molecule has 130 valence electrons. The second kappa shape index (κ2) is 8.57. The van der Waals surface area contributed by atoms with E-state index in [1.165, 1.54) is 24.3 Å². The number of hydrogen-bond acceptors (Lipinski definition) is 7. The highest BCUT2D eigenvalue weighted by Gasteiger charge is 2.18. The molecule has 3 heterocycles. The number of carboxylic acids is 2. The van der Waals surface area contributed by atoms with E-state index in [1.807, 2.05) is 10.6 Å². The third kappa shape index (κ3) is 6.32. The van der Waals surface area contributed by atoms with Gasteiger partial charge in [-0.1, -0.05) is 0 Å². The quantitative estimate of drug-likeness (QED) is 0.490. The molecule has 0 spiro atoms. The fourth-order valence-electron chi connectivity index (χ4n) is 1.36. The summed E-state index contributed by atoms with van der Waals surface area (Å²) in [6, 6.07) is 1.09. The van der Waals surface area contributed by atoms with Crippen molar-refractivity contribution in [3.8, 4) is 0 Å². The number of imide groups is 2. The van der Waals surface area contributed by atoms with Gasteiger partial charge in [-0.2, -0.15) is 0 Å². The maximum atomic E-state index is 10.3. The molecule has 1 aromatic rings. The highest BCUT2D eigenvalue weighted by atomic mass is 16.4. The molecule has 2 aliphatic rings.